The Morgan fingerprint density at radius 1 is 1.40 bits per heavy atom. The molecule has 3 nitrogen and oxygen atoms in total. The number of hydrogen-bond donors (Lipinski definition) is 1. The molecule has 82 valence electrons. The fourth-order valence-corrected chi connectivity index (χ4v) is 2.00. The van der Waals surface area contributed by atoms with Crippen LogP contribution in [0.1, 0.15) is 36.9 Å². The average molecular weight is 206 g/mol. The van der Waals surface area contributed by atoms with Crippen LogP contribution in [0.3, 0.4) is 0 Å². The molecule has 0 amide bonds. The Morgan fingerprint density at radius 3 is 2.93 bits per heavy atom. The van der Waals surface area contributed by atoms with E-state index in [1.165, 1.54) is 31.2 Å². The summed E-state index contributed by atoms with van der Waals surface area (Å²) in [7, 11) is 0. The second-order valence-electron chi connectivity index (χ2n) is 4.08. The lowest BCUT2D eigenvalue weighted by atomic mass is 10.2. The molecule has 1 saturated carbocycles. The van der Waals surface area contributed by atoms with E-state index in [2.05, 4.69) is 4.98 Å². The Kier molecular flexibility index (Phi) is 3.69. The molecule has 0 unspecified atom stereocenters. The van der Waals surface area contributed by atoms with Crippen LogP contribution in [0.15, 0.2) is 18.3 Å². The van der Waals surface area contributed by atoms with Gasteiger partial charge in [0.15, 0.2) is 0 Å². The van der Waals surface area contributed by atoms with Crippen molar-refractivity contribution in [1.82, 2.24) is 4.98 Å². The summed E-state index contributed by atoms with van der Waals surface area (Å²) in [5, 5.41) is 0. The molecule has 15 heavy (non-hydrogen) atoms. The maximum atomic E-state index is 5.82. The molecule has 2 N–H and O–H groups in total. The summed E-state index contributed by atoms with van der Waals surface area (Å²) in [4.78, 5) is 4.16. The van der Waals surface area contributed by atoms with Crippen molar-refractivity contribution in [2.75, 3.05) is 0 Å². The zero-order valence-corrected chi connectivity index (χ0v) is 8.98. The van der Waals surface area contributed by atoms with Crippen molar-refractivity contribution in [2.24, 2.45) is 5.73 Å². The van der Waals surface area contributed by atoms with Gasteiger partial charge >= 0.3 is 0 Å². The second-order valence-corrected chi connectivity index (χ2v) is 4.08. The molecule has 1 fully saturated rings. The smallest absolute Gasteiger partial charge is 0.0721 e. The Balaban J connectivity index is 1.86. The summed E-state index contributed by atoms with van der Waals surface area (Å²) in [6, 6.07) is 4.02. The Labute approximate surface area is 90.7 Å². The SMILES string of the molecule is NCc1cc(COC2CCCC2)ccn1. The summed E-state index contributed by atoms with van der Waals surface area (Å²) in [6.45, 7) is 1.19. The Morgan fingerprint density at radius 2 is 2.20 bits per heavy atom. The van der Waals surface area contributed by atoms with Crippen molar-refractivity contribution < 1.29 is 4.74 Å². The van der Waals surface area contributed by atoms with Crippen LogP contribution < -0.4 is 5.73 Å². The van der Waals surface area contributed by atoms with Gasteiger partial charge < -0.3 is 10.5 Å². The van der Waals surface area contributed by atoms with E-state index in [1.807, 2.05) is 12.1 Å². The normalized spacial score (nSPS) is 17.1. The van der Waals surface area contributed by atoms with Crippen LogP contribution in [0, 0.1) is 0 Å². The van der Waals surface area contributed by atoms with Crippen LogP contribution in [0.4, 0.5) is 0 Å². The molecule has 1 aliphatic rings. The molecule has 2 rings (SSSR count). The summed E-state index contributed by atoms with van der Waals surface area (Å²) in [6.07, 6.45) is 7.34. The first-order valence-corrected chi connectivity index (χ1v) is 5.64. The predicted molar refractivity (Wildman–Crippen MR) is 59.2 cm³/mol. The van der Waals surface area contributed by atoms with E-state index in [0.717, 1.165) is 5.69 Å². The third-order valence-electron chi connectivity index (χ3n) is 2.88. The highest BCUT2D eigenvalue weighted by atomic mass is 16.5. The summed E-state index contributed by atoms with van der Waals surface area (Å²) in [5.41, 5.74) is 7.64. The van der Waals surface area contributed by atoms with E-state index < -0.39 is 0 Å². The van der Waals surface area contributed by atoms with Gasteiger partial charge in [-0.15, -0.1) is 0 Å². The molecule has 1 aromatic heterocycles. The van der Waals surface area contributed by atoms with Crippen LogP contribution in [0.2, 0.25) is 0 Å². The molecule has 1 aromatic rings. The Bertz CT molecular complexity index is 308. The highest BCUT2D eigenvalue weighted by Gasteiger charge is 2.15. The van der Waals surface area contributed by atoms with Gasteiger partial charge in [-0.05, 0) is 30.5 Å². The maximum Gasteiger partial charge on any atom is 0.0721 e. The van der Waals surface area contributed by atoms with E-state index in [9.17, 15) is 0 Å². The third kappa shape index (κ3) is 3.01. The van der Waals surface area contributed by atoms with Gasteiger partial charge in [-0.3, -0.25) is 4.98 Å². The number of pyridine rings is 1. The number of ether oxygens (including phenoxy) is 1. The van der Waals surface area contributed by atoms with E-state index in [-0.39, 0.29) is 0 Å². The van der Waals surface area contributed by atoms with Crippen molar-refractivity contribution in [1.29, 1.82) is 0 Å². The van der Waals surface area contributed by atoms with Gasteiger partial charge in [0.25, 0.3) is 0 Å². The lowest BCUT2D eigenvalue weighted by Crippen LogP contribution is -2.08. The van der Waals surface area contributed by atoms with Gasteiger partial charge in [0.2, 0.25) is 0 Å². The van der Waals surface area contributed by atoms with Gasteiger partial charge in [0.1, 0.15) is 0 Å². The lowest BCUT2D eigenvalue weighted by molar-refractivity contribution is 0.0456. The topological polar surface area (TPSA) is 48.1 Å². The zero-order chi connectivity index (χ0) is 10.5. The number of rotatable bonds is 4. The standard InChI is InChI=1S/C12H18N2O/c13-8-11-7-10(5-6-14-11)9-15-12-3-1-2-4-12/h5-7,12H,1-4,8-9,13H2. The molecule has 0 spiro atoms. The van der Waals surface area contributed by atoms with Crippen LogP contribution >= 0.6 is 0 Å². The number of nitrogens with two attached hydrogens (primary N) is 1. The van der Waals surface area contributed by atoms with Gasteiger partial charge in [-0.25, -0.2) is 0 Å². The van der Waals surface area contributed by atoms with Crippen molar-refractivity contribution in [3.8, 4) is 0 Å². The number of hydrogen-bond acceptors (Lipinski definition) is 3. The van der Waals surface area contributed by atoms with Crippen molar-refractivity contribution in [2.45, 2.75) is 44.9 Å². The molecule has 0 radical (unpaired) electrons. The number of nitrogens with zero attached hydrogens (tertiary/aromatic N) is 1. The van der Waals surface area contributed by atoms with Crippen LogP contribution in [-0.4, -0.2) is 11.1 Å². The average Bonchev–Trinajstić information content (AvgIpc) is 2.79. The molecule has 0 bridgehead atoms. The van der Waals surface area contributed by atoms with E-state index in [0.29, 0.717) is 19.3 Å². The summed E-state index contributed by atoms with van der Waals surface area (Å²) >= 11 is 0. The second kappa shape index (κ2) is 5.24. The minimum atomic E-state index is 0.472. The molecular weight excluding hydrogens is 188 g/mol. The van der Waals surface area contributed by atoms with Gasteiger partial charge in [0.05, 0.1) is 18.4 Å². The van der Waals surface area contributed by atoms with Crippen LogP contribution in [0.5, 0.6) is 0 Å². The largest absolute Gasteiger partial charge is 0.374 e. The van der Waals surface area contributed by atoms with Crippen molar-refractivity contribution in [3.05, 3.63) is 29.6 Å². The molecule has 1 aliphatic carbocycles. The fourth-order valence-electron chi connectivity index (χ4n) is 2.00. The lowest BCUT2D eigenvalue weighted by Gasteiger charge is -2.11. The van der Waals surface area contributed by atoms with E-state index in [4.69, 9.17) is 10.5 Å². The molecule has 0 saturated heterocycles. The zero-order valence-electron chi connectivity index (χ0n) is 8.98. The van der Waals surface area contributed by atoms with Gasteiger partial charge in [-0.1, -0.05) is 12.8 Å². The van der Waals surface area contributed by atoms with Crippen molar-refractivity contribution in [3.63, 3.8) is 0 Å². The van der Waals surface area contributed by atoms with Gasteiger partial charge in [0, 0.05) is 12.7 Å². The highest BCUT2D eigenvalue weighted by Crippen LogP contribution is 2.21. The van der Waals surface area contributed by atoms with E-state index >= 15 is 0 Å². The minimum absolute atomic E-state index is 0.472. The molecule has 0 aromatic carbocycles. The molecule has 0 atom stereocenters. The first-order valence-electron chi connectivity index (χ1n) is 5.64. The van der Waals surface area contributed by atoms with Crippen molar-refractivity contribution >= 4 is 0 Å². The summed E-state index contributed by atoms with van der Waals surface area (Å²) in [5.74, 6) is 0. The van der Waals surface area contributed by atoms with Crippen LogP contribution in [-0.2, 0) is 17.9 Å². The predicted octanol–water partition coefficient (Wildman–Crippen LogP) is 2.00. The number of aromatic nitrogens is 1. The summed E-state index contributed by atoms with van der Waals surface area (Å²) < 4.78 is 5.82. The minimum Gasteiger partial charge on any atom is -0.374 e. The molecule has 1 heterocycles. The highest BCUT2D eigenvalue weighted by molar-refractivity contribution is 5.15. The monoisotopic (exact) mass is 206 g/mol. The Hall–Kier alpha value is -0.930. The first kappa shape index (κ1) is 10.6. The van der Waals surface area contributed by atoms with E-state index in [1.54, 1.807) is 6.20 Å². The first-order chi connectivity index (χ1) is 7.38. The quantitative estimate of drug-likeness (QED) is 0.819. The third-order valence-corrected chi connectivity index (χ3v) is 2.88. The fraction of sp³-hybridized carbons (Fsp3) is 0.583. The van der Waals surface area contributed by atoms with Gasteiger partial charge in [-0.2, -0.15) is 0 Å². The molecule has 0 aliphatic heterocycles. The maximum absolute atomic E-state index is 5.82. The van der Waals surface area contributed by atoms with Crippen LogP contribution in [0.25, 0.3) is 0 Å². The molecular formula is C12H18N2O. The molecule has 3 heteroatoms.